The Bertz CT molecular complexity index is 851. The number of rotatable bonds is 5. The summed E-state index contributed by atoms with van der Waals surface area (Å²) in [7, 11) is 1.81. The maximum atomic E-state index is 12.4. The molecular formula is C18H17ClN2O2S. The fraction of sp³-hybridized carbons (Fsp3) is 0.222. The number of amides is 1. The summed E-state index contributed by atoms with van der Waals surface area (Å²) >= 11 is 7.23. The summed E-state index contributed by atoms with van der Waals surface area (Å²) in [5, 5.41) is 1.08. The zero-order valence-electron chi connectivity index (χ0n) is 13.4. The summed E-state index contributed by atoms with van der Waals surface area (Å²) < 4.78 is 5.62. The molecule has 24 heavy (non-hydrogen) atoms. The molecule has 0 N–H and O–H groups in total. The van der Waals surface area contributed by atoms with Gasteiger partial charge in [0.05, 0.1) is 11.8 Å². The minimum Gasteiger partial charge on any atom is -0.431 e. The zero-order valence-corrected chi connectivity index (χ0v) is 15.0. The molecule has 0 aliphatic rings. The van der Waals surface area contributed by atoms with Gasteiger partial charge in [0.1, 0.15) is 5.52 Å². The molecule has 0 saturated heterocycles. The molecule has 1 heterocycles. The first-order valence-corrected chi connectivity index (χ1v) is 8.90. The summed E-state index contributed by atoms with van der Waals surface area (Å²) in [6.07, 6.45) is 0. The number of fused-ring (bicyclic) bond motifs is 1. The normalized spacial score (nSPS) is 12.3. The third-order valence-corrected chi connectivity index (χ3v) is 4.95. The van der Waals surface area contributed by atoms with Crippen LogP contribution < -0.4 is 0 Å². The molecule has 0 fully saturated rings. The Balaban J connectivity index is 1.63. The van der Waals surface area contributed by atoms with Crippen LogP contribution in [0.2, 0.25) is 5.02 Å². The molecule has 0 saturated carbocycles. The van der Waals surface area contributed by atoms with Crippen LogP contribution in [0.3, 0.4) is 0 Å². The molecule has 0 bridgehead atoms. The predicted molar refractivity (Wildman–Crippen MR) is 97.4 cm³/mol. The van der Waals surface area contributed by atoms with Gasteiger partial charge in [0.15, 0.2) is 5.58 Å². The number of thioether (sulfide) groups is 1. The number of hydrogen-bond acceptors (Lipinski definition) is 4. The fourth-order valence-electron chi connectivity index (χ4n) is 2.34. The number of nitrogens with zero attached hydrogens (tertiary/aromatic N) is 2. The van der Waals surface area contributed by atoms with Gasteiger partial charge in [-0.3, -0.25) is 4.79 Å². The highest BCUT2D eigenvalue weighted by atomic mass is 35.5. The van der Waals surface area contributed by atoms with E-state index in [0.29, 0.717) is 21.3 Å². The third kappa shape index (κ3) is 3.74. The van der Waals surface area contributed by atoms with Crippen LogP contribution in [0.1, 0.15) is 18.5 Å². The average molecular weight is 361 g/mol. The highest BCUT2D eigenvalue weighted by Crippen LogP contribution is 2.26. The summed E-state index contributed by atoms with van der Waals surface area (Å²) in [4.78, 5) is 18.5. The summed E-state index contributed by atoms with van der Waals surface area (Å²) in [6.45, 7) is 2.01. The van der Waals surface area contributed by atoms with Gasteiger partial charge in [-0.05, 0) is 30.7 Å². The Morgan fingerprint density at radius 1 is 1.29 bits per heavy atom. The molecule has 0 aliphatic heterocycles. The second-order valence-corrected chi connectivity index (χ2v) is 6.83. The maximum Gasteiger partial charge on any atom is 0.257 e. The van der Waals surface area contributed by atoms with E-state index in [9.17, 15) is 4.79 Å². The molecule has 0 aliphatic carbocycles. The van der Waals surface area contributed by atoms with E-state index < -0.39 is 0 Å². The van der Waals surface area contributed by atoms with Crippen LogP contribution in [0.25, 0.3) is 11.1 Å². The lowest BCUT2D eigenvalue weighted by atomic mass is 10.1. The highest BCUT2D eigenvalue weighted by molar-refractivity contribution is 7.99. The monoisotopic (exact) mass is 360 g/mol. The Morgan fingerprint density at radius 3 is 2.79 bits per heavy atom. The topological polar surface area (TPSA) is 46.3 Å². The molecule has 3 rings (SSSR count). The standard InChI is InChI=1S/C18H17ClN2O2S/c1-12(13-6-4-3-5-7-13)21(2)17(22)11-24-18-20-15-10-14(19)8-9-16(15)23-18/h3-10,12H,11H2,1-2H3/t12-/m1/s1. The van der Waals surface area contributed by atoms with E-state index in [1.165, 1.54) is 11.8 Å². The van der Waals surface area contributed by atoms with Crippen LogP contribution in [0.15, 0.2) is 58.2 Å². The van der Waals surface area contributed by atoms with Crippen molar-refractivity contribution in [1.82, 2.24) is 9.88 Å². The number of halogens is 1. The molecule has 0 radical (unpaired) electrons. The molecule has 124 valence electrons. The van der Waals surface area contributed by atoms with Crippen LogP contribution >= 0.6 is 23.4 Å². The first-order chi connectivity index (χ1) is 11.5. The van der Waals surface area contributed by atoms with Gasteiger partial charge in [0.25, 0.3) is 5.22 Å². The molecule has 0 unspecified atom stereocenters. The van der Waals surface area contributed by atoms with Crippen molar-refractivity contribution < 1.29 is 9.21 Å². The lowest BCUT2D eigenvalue weighted by Crippen LogP contribution is -2.31. The largest absolute Gasteiger partial charge is 0.431 e. The molecule has 1 atom stereocenters. The van der Waals surface area contributed by atoms with Crippen LogP contribution in [-0.2, 0) is 4.79 Å². The minimum atomic E-state index is 0.0155. The van der Waals surface area contributed by atoms with Crippen LogP contribution in [-0.4, -0.2) is 28.6 Å². The van der Waals surface area contributed by atoms with Crippen LogP contribution in [0.5, 0.6) is 0 Å². The molecular weight excluding hydrogens is 344 g/mol. The Hall–Kier alpha value is -1.98. The van der Waals surface area contributed by atoms with Gasteiger partial charge in [-0.15, -0.1) is 0 Å². The first kappa shape index (κ1) is 16.9. The van der Waals surface area contributed by atoms with E-state index in [-0.39, 0.29) is 17.7 Å². The third-order valence-electron chi connectivity index (χ3n) is 3.91. The molecule has 3 aromatic rings. The number of oxazole rings is 1. The smallest absolute Gasteiger partial charge is 0.257 e. The lowest BCUT2D eigenvalue weighted by Gasteiger charge is -2.25. The number of carbonyl (C=O) groups is 1. The predicted octanol–water partition coefficient (Wildman–Crippen LogP) is 4.79. The number of aromatic nitrogens is 1. The number of hydrogen-bond donors (Lipinski definition) is 0. The van der Waals surface area contributed by atoms with E-state index in [2.05, 4.69) is 4.98 Å². The van der Waals surface area contributed by atoms with Gasteiger partial charge in [-0.1, -0.05) is 53.7 Å². The van der Waals surface area contributed by atoms with E-state index >= 15 is 0 Å². The Kier molecular flexibility index (Phi) is 5.11. The van der Waals surface area contributed by atoms with Gasteiger partial charge in [-0.25, -0.2) is 4.98 Å². The van der Waals surface area contributed by atoms with Gasteiger partial charge in [0.2, 0.25) is 5.91 Å². The van der Waals surface area contributed by atoms with Crippen molar-refractivity contribution in [3.63, 3.8) is 0 Å². The van der Waals surface area contributed by atoms with Crippen molar-refractivity contribution in [3.05, 3.63) is 59.1 Å². The molecule has 4 nitrogen and oxygen atoms in total. The maximum absolute atomic E-state index is 12.4. The molecule has 1 amide bonds. The highest BCUT2D eigenvalue weighted by Gasteiger charge is 2.18. The van der Waals surface area contributed by atoms with Crippen molar-refractivity contribution >= 4 is 40.4 Å². The van der Waals surface area contributed by atoms with Crippen molar-refractivity contribution in [2.75, 3.05) is 12.8 Å². The quantitative estimate of drug-likeness (QED) is 0.613. The van der Waals surface area contributed by atoms with E-state index in [0.717, 1.165) is 5.56 Å². The van der Waals surface area contributed by atoms with Gasteiger partial charge in [0, 0.05) is 12.1 Å². The molecule has 1 aromatic heterocycles. The summed E-state index contributed by atoms with van der Waals surface area (Å²) in [5.41, 5.74) is 2.47. The molecule has 2 aromatic carbocycles. The zero-order chi connectivity index (χ0) is 17.1. The van der Waals surface area contributed by atoms with Crippen LogP contribution in [0, 0.1) is 0 Å². The minimum absolute atomic E-state index is 0.0155. The first-order valence-electron chi connectivity index (χ1n) is 7.54. The Labute approximate surface area is 149 Å². The number of carbonyl (C=O) groups excluding carboxylic acids is 1. The van der Waals surface area contributed by atoms with E-state index in [1.54, 1.807) is 23.1 Å². The SMILES string of the molecule is C[C@H](c1ccccc1)N(C)C(=O)CSc1nc2cc(Cl)ccc2o1. The van der Waals surface area contributed by atoms with Crippen molar-refractivity contribution in [2.45, 2.75) is 18.2 Å². The van der Waals surface area contributed by atoms with Crippen molar-refractivity contribution in [3.8, 4) is 0 Å². The second-order valence-electron chi connectivity index (χ2n) is 5.47. The van der Waals surface area contributed by atoms with E-state index in [1.807, 2.05) is 44.3 Å². The number of benzene rings is 2. The second kappa shape index (κ2) is 7.28. The van der Waals surface area contributed by atoms with Crippen LogP contribution in [0.4, 0.5) is 0 Å². The average Bonchev–Trinajstić information content (AvgIpc) is 3.01. The summed E-state index contributed by atoms with van der Waals surface area (Å²) in [6, 6.07) is 15.2. The van der Waals surface area contributed by atoms with Crippen molar-refractivity contribution in [1.29, 1.82) is 0 Å². The molecule has 6 heteroatoms. The summed E-state index contributed by atoms with van der Waals surface area (Å²) in [5.74, 6) is 0.297. The van der Waals surface area contributed by atoms with Gasteiger partial charge < -0.3 is 9.32 Å². The van der Waals surface area contributed by atoms with Gasteiger partial charge >= 0.3 is 0 Å². The Morgan fingerprint density at radius 2 is 2.04 bits per heavy atom. The van der Waals surface area contributed by atoms with E-state index in [4.69, 9.17) is 16.0 Å². The lowest BCUT2D eigenvalue weighted by molar-refractivity contribution is -0.128. The molecule has 0 spiro atoms. The van der Waals surface area contributed by atoms with Crippen molar-refractivity contribution in [2.24, 2.45) is 0 Å². The van der Waals surface area contributed by atoms with Gasteiger partial charge in [-0.2, -0.15) is 0 Å². The fourth-order valence-corrected chi connectivity index (χ4v) is 3.27.